The zero-order valence-electron chi connectivity index (χ0n) is 15.9. The number of hydrogen-bond acceptors (Lipinski definition) is 5. The van der Waals surface area contributed by atoms with Gasteiger partial charge < -0.3 is 9.84 Å². The molecule has 0 saturated carbocycles. The van der Waals surface area contributed by atoms with Crippen LogP contribution in [0.1, 0.15) is 27.4 Å². The molecule has 31 heavy (non-hydrogen) atoms. The van der Waals surface area contributed by atoms with Gasteiger partial charge >= 0.3 is 12.1 Å². The minimum atomic E-state index is -1.51. The van der Waals surface area contributed by atoms with Gasteiger partial charge in [0.15, 0.2) is 0 Å². The van der Waals surface area contributed by atoms with E-state index in [4.69, 9.17) is 16.3 Å². The molecule has 2 N–H and O–H groups in total. The van der Waals surface area contributed by atoms with E-state index < -0.39 is 33.9 Å². The molecule has 0 radical (unpaired) electrons. The van der Waals surface area contributed by atoms with Crippen LogP contribution in [0.3, 0.4) is 0 Å². The SMILES string of the molecule is O=C(Nc1c([N+](=O)[O-])ccc(Cl)c1C(=O)O)OCC1c2ccccc2-c2ccccc21. The standard InChI is InChI=1S/C22H15ClN2O6/c23-17-9-10-18(25(29)30)20(19(17)21(26)27)24-22(28)31-11-16-14-7-3-1-5-12(14)13-6-2-4-8-15(13)16/h1-10,16H,11H2,(H,24,28)(H,26,27). The number of anilines is 1. The lowest BCUT2D eigenvalue weighted by Gasteiger charge is -2.15. The van der Waals surface area contributed by atoms with Crippen LogP contribution >= 0.6 is 11.6 Å². The molecule has 0 atom stereocenters. The number of amides is 1. The predicted molar refractivity (Wildman–Crippen MR) is 114 cm³/mol. The largest absolute Gasteiger partial charge is 0.478 e. The second kappa shape index (κ2) is 8.08. The normalized spacial score (nSPS) is 12.0. The summed E-state index contributed by atoms with van der Waals surface area (Å²) in [6, 6.07) is 17.6. The van der Waals surface area contributed by atoms with Crippen molar-refractivity contribution in [2.45, 2.75) is 5.92 Å². The molecule has 156 valence electrons. The van der Waals surface area contributed by atoms with Gasteiger partial charge in [0, 0.05) is 12.0 Å². The topological polar surface area (TPSA) is 119 Å². The minimum absolute atomic E-state index is 0.0311. The zero-order chi connectivity index (χ0) is 22.1. The van der Waals surface area contributed by atoms with Crippen molar-refractivity contribution < 1.29 is 24.4 Å². The van der Waals surface area contributed by atoms with E-state index in [-0.39, 0.29) is 17.5 Å². The van der Waals surface area contributed by atoms with Crippen molar-refractivity contribution >= 4 is 35.0 Å². The number of rotatable bonds is 5. The summed E-state index contributed by atoms with van der Waals surface area (Å²) in [5.74, 6) is -1.73. The third kappa shape index (κ3) is 3.69. The number of carboxylic acid groups (broad SMARTS) is 1. The van der Waals surface area contributed by atoms with Gasteiger partial charge in [-0.3, -0.25) is 15.4 Å². The molecular formula is C22H15ClN2O6. The number of nitro groups is 1. The fourth-order valence-corrected chi connectivity index (χ4v) is 4.03. The summed E-state index contributed by atoms with van der Waals surface area (Å²) in [6.07, 6.45) is -1.02. The second-order valence-corrected chi connectivity index (χ2v) is 7.24. The van der Waals surface area contributed by atoms with Gasteiger partial charge in [-0.15, -0.1) is 0 Å². The fraction of sp³-hybridized carbons (Fsp3) is 0.0909. The van der Waals surface area contributed by atoms with E-state index in [0.717, 1.165) is 34.4 Å². The molecule has 0 aliphatic heterocycles. The van der Waals surface area contributed by atoms with Crippen molar-refractivity contribution in [3.63, 3.8) is 0 Å². The third-order valence-corrected chi connectivity index (χ3v) is 5.43. The van der Waals surface area contributed by atoms with E-state index in [2.05, 4.69) is 5.32 Å². The predicted octanol–water partition coefficient (Wildman–Crippen LogP) is 5.31. The van der Waals surface area contributed by atoms with Crippen molar-refractivity contribution in [2.75, 3.05) is 11.9 Å². The van der Waals surface area contributed by atoms with E-state index in [0.29, 0.717) is 0 Å². The molecule has 0 bridgehead atoms. The number of hydrogen-bond donors (Lipinski definition) is 2. The van der Waals surface area contributed by atoms with E-state index in [1.807, 2.05) is 48.5 Å². The summed E-state index contributed by atoms with van der Waals surface area (Å²) >= 11 is 5.88. The van der Waals surface area contributed by atoms with E-state index in [1.54, 1.807) is 0 Å². The van der Waals surface area contributed by atoms with Crippen LogP contribution in [0.5, 0.6) is 0 Å². The molecule has 1 aliphatic carbocycles. The number of nitrogens with one attached hydrogen (secondary N) is 1. The number of carbonyl (C=O) groups excluding carboxylic acids is 1. The van der Waals surface area contributed by atoms with Crippen molar-refractivity contribution in [3.8, 4) is 11.1 Å². The Labute approximate surface area is 181 Å². The average Bonchev–Trinajstić information content (AvgIpc) is 3.06. The monoisotopic (exact) mass is 438 g/mol. The van der Waals surface area contributed by atoms with Crippen LogP contribution in [0.4, 0.5) is 16.2 Å². The first kappa shape index (κ1) is 20.4. The maximum Gasteiger partial charge on any atom is 0.411 e. The van der Waals surface area contributed by atoms with Crippen molar-refractivity contribution in [1.29, 1.82) is 0 Å². The van der Waals surface area contributed by atoms with Gasteiger partial charge in [0.05, 0.1) is 9.95 Å². The average molecular weight is 439 g/mol. The number of carboxylic acids is 1. The van der Waals surface area contributed by atoms with Gasteiger partial charge in [-0.1, -0.05) is 60.1 Å². The van der Waals surface area contributed by atoms with Crippen LogP contribution in [0, 0.1) is 10.1 Å². The Balaban J connectivity index is 1.58. The van der Waals surface area contributed by atoms with Crippen molar-refractivity contribution in [3.05, 3.63) is 92.5 Å². The van der Waals surface area contributed by atoms with E-state index in [1.165, 1.54) is 0 Å². The number of nitrogens with zero attached hydrogens (tertiary/aromatic N) is 1. The second-order valence-electron chi connectivity index (χ2n) is 6.83. The van der Waals surface area contributed by atoms with Crippen LogP contribution in [-0.4, -0.2) is 28.7 Å². The highest BCUT2D eigenvalue weighted by molar-refractivity contribution is 6.34. The molecule has 8 nitrogen and oxygen atoms in total. The van der Waals surface area contributed by atoms with Crippen LogP contribution in [0.2, 0.25) is 5.02 Å². The summed E-state index contributed by atoms with van der Waals surface area (Å²) in [5, 5.41) is 22.6. The summed E-state index contributed by atoms with van der Waals surface area (Å²) in [5.41, 5.74) is 2.38. The van der Waals surface area contributed by atoms with Crippen LogP contribution in [-0.2, 0) is 4.74 Å². The van der Waals surface area contributed by atoms with Gasteiger partial charge in [-0.25, -0.2) is 9.59 Å². The minimum Gasteiger partial charge on any atom is -0.478 e. The lowest BCUT2D eigenvalue weighted by Crippen LogP contribution is -2.20. The first-order valence-corrected chi connectivity index (χ1v) is 9.58. The Morgan fingerprint density at radius 3 is 2.16 bits per heavy atom. The van der Waals surface area contributed by atoms with Gasteiger partial charge in [-0.2, -0.15) is 0 Å². The lowest BCUT2D eigenvalue weighted by atomic mass is 9.98. The Morgan fingerprint density at radius 2 is 1.61 bits per heavy atom. The molecule has 4 rings (SSSR count). The molecule has 0 unspecified atom stereocenters. The molecule has 0 saturated heterocycles. The van der Waals surface area contributed by atoms with Crippen LogP contribution in [0.25, 0.3) is 11.1 Å². The molecular weight excluding hydrogens is 424 g/mol. The number of halogens is 1. The molecule has 3 aromatic rings. The summed E-state index contributed by atoms with van der Waals surface area (Å²) < 4.78 is 5.34. The maximum atomic E-state index is 12.5. The Morgan fingerprint density at radius 1 is 1.03 bits per heavy atom. The number of ether oxygens (including phenoxy) is 1. The Bertz CT molecular complexity index is 1180. The van der Waals surface area contributed by atoms with E-state index >= 15 is 0 Å². The highest BCUT2D eigenvalue weighted by Crippen LogP contribution is 2.44. The van der Waals surface area contributed by atoms with Gasteiger partial charge in [0.2, 0.25) is 0 Å². The number of aromatic carboxylic acids is 1. The zero-order valence-corrected chi connectivity index (χ0v) is 16.6. The highest BCUT2D eigenvalue weighted by Gasteiger charge is 2.30. The number of fused-ring (bicyclic) bond motifs is 3. The quantitative estimate of drug-likeness (QED) is 0.411. The number of nitro benzene ring substituents is 1. The molecule has 0 spiro atoms. The highest BCUT2D eigenvalue weighted by atomic mass is 35.5. The van der Waals surface area contributed by atoms with Crippen molar-refractivity contribution in [1.82, 2.24) is 0 Å². The molecule has 0 heterocycles. The first-order valence-electron chi connectivity index (χ1n) is 9.20. The van der Waals surface area contributed by atoms with Gasteiger partial charge in [0.25, 0.3) is 5.69 Å². The molecule has 9 heteroatoms. The van der Waals surface area contributed by atoms with E-state index in [9.17, 15) is 24.8 Å². The smallest absolute Gasteiger partial charge is 0.411 e. The Hall–Kier alpha value is -3.91. The van der Waals surface area contributed by atoms with Crippen LogP contribution < -0.4 is 5.32 Å². The maximum absolute atomic E-state index is 12.5. The molecule has 3 aromatic carbocycles. The fourth-order valence-electron chi connectivity index (χ4n) is 3.79. The molecule has 1 aliphatic rings. The summed E-state index contributed by atoms with van der Waals surface area (Å²) in [7, 11) is 0. The molecule has 1 amide bonds. The molecule has 0 aromatic heterocycles. The number of benzene rings is 3. The Kier molecular flexibility index (Phi) is 5.31. The summed E-state index contributed by atoms with van der Waals surface area (Å²) in [4.78, 5) is 34.5. The summed E-state index contributed by atoms with van der Waals surface area (Å²) in [6.45, 7) is -0.0311. The number of carbonyl (C=O) groups is 2. The lowest BCUT2D eigenvalue weighted by molar-refractivity contribution is -0.383. The van der Waals surface area contributed by atoms with Gasteiger partial charge in [-0.05, 0) is 28.3 Å². The van der Waals surface area contributed by atoms with Gasteiger partial charge in [0.1, 0.15) is 17.9 Å². The van der Waals surface area contributed by atoms with Crippen LogP contribution in [0.15, 0.2) is 60.7 Å². The molecule has 0 fully saturated rings. The first-order chi connectivity index (χ1) is 14.9. The third-order valence-electron chi connectivity index (χ3n) is 5.11. The van der Waals surface area contributed by atoms with Crippen molar-refractivity contribution in [2.24, 2.45) is 0 Å².